The highest BCUT2D eigenvalue weighted by molar-refractivity contribution is 5.55. The third-order valence-corrected chi connectivity index (χ3v) is 7.19. The maximum Gasteiger partial charge on any atom is 0.166 e. The van der Waals surface area contributed by atoms with E-state index in [-0.39, 0.29) is 12.0 Å². The van der Waals surface area contributed by atoms with Crippen molar-refractivity contribution in [2.45, 2.75) is 51.7 Å². The second-order valence-corrected chi connectivity index (χ2v) is 8.71. The van der Waals surface area contributed by atoms with Gasteiger partial charge in [-0.3, -0.25) is 4.90 Å². The molecule has 27 heavy (non-hydrogen) atoms. The molecule has 0 aromatic heterocycles. The number of likely N-dealkylation sites (N-methyl/N-ethyl adjacent to an activating group) is 1. The van der Waals surface area contributed by atoms with Crippen molar-refractivity contribution in [3.05, 3.63) is 46.1 Å². The average molecular weight is 370 g/mol. The van der Waals surface area contributed by atoms with E-state index in [1.165, 1.54) is 30.5 Å². The number of ether oxygens (including phenoxy) is 3. The molecular weight excluding hydrogens is 338 g/mol. The number of nitrogens with zero attached hydrogens (tertiary/aromatic N) is 1. The summed E-state index contributed by atoms with van der Waals surface area (Å²) in [5.41, 5.74) is 4.51. The molecule has 0 radical (unpaired) electrons. The van der Waals surface area contributed by atoms with Crippen LogP contribution in [0.15, 0.2) is 46.1 Å². The Morgan fingerprint density at radius 3 is 2.63 bits per heavy atom. The van der Waals surface area contributed by atoms with Crippen molar-refractivity contribution in [1.29, 1.82) is 0 Å². The van der Waals surface area contributed by atoms with E-state index in [1.807, 2.05) is 0 Å². The Balaban J connectivity index is 1.62. The first-order valence-electron chi connectivity index (χ1n) is 10.5. The molecule has 1 aliphatic heterocycles. The smallest absolute Gasteiger partial charge is 0.166 e. The van der Waals surface area contributed by atoms with E-state index in [4.69, 9.17) is 14.2 Å². The molecule has 4 nitrogen and oxygen atoms in total. The van der Waals surface area contributed by atoms with Crippen LogP contribution in [0.3, 0.4) is 0 Å². The van der Waals surface area contributed by atoms with E-state index in [2.05, 4.69) is 30.9 Å². The zero-order valence-corrected chi connectivity index (χ0v) is 17.0. The minimum Gasteiger partial charge on any atom is -0.497 e. The molecule has 0 amide bonds. The van der Waals surface area contributed by atoms with Gasteiger partial charge in [-0.2, -0.15) is 0 Å². The second-order valence-electron chi connectivity index (χ2n) is 8.71. The highest BCUT2D eigenvalue weighted by Gasteiger charge is 2.53. The normalized spacial score (nSPS) is 34.3. The van der Waals surface area contributed by atoms with Crippen LogP contribution < -0.4 is 0 Å². The van der Waals surface area contributed by atoms with Gasteiger partial charge < -0.3 is 14.2 Å². The lowest BCUT2D eigenvalue weighted by molar-refractivity contribution is 0.0893. The van der Waals surface area contributed by atoms with Crippen LogP contribution in [0.5, 0.6) is 0 Å². The first kappa shape index (κ1) is 17.4. The van der Waals surface area contributed by atoms with E-state index in [1.54, 1.807) is 19.8 Å². The van der Waals surface area contributed by atoms with Gasteiger partial charge in [0.15, 0.2) is 11.9 Å². The molecule has 146 valence electrons. The lowest BCUT2D eigenvalue weighted by atomic mass is 9.67. The van der Waals surface area contributed by atoms with Crippen LogP contribution in [0.1, 0.15) is 39.5 Å². The van der Waals surface area contributed by atoms with E-state index in [0.29, 0.717) is 12.0 Å². The quantitative estimate of drug-likeness (QED) is 0.703. The molecule has 4 atom stereocenters. The molecule has 1 heterocycles. The van der Waals surface area contributed by atoms with Gasteiger partial charge in [-0.25, -0.2) is 0 Å². The number of methoxy groups -OCH3 is 2. The molecule has 4 heteroatoms. The van der Waals surface area contributed by atoms with Gasteiger partial charge in [0.05, 0.1) is 20.1 Å². The summed E-state index contributed by atoms with van der Waals surface area (Å²) < 4.78 is 18.0. The van der Waals surface area contributed by atoms with E-state index in [9.17, 15) is 0 Å². The van der Waals surface area contributed by atoms with E-state index in [0.717, 1.165) is 42.6 Å². The highest BCUT2D eigenvalue weighted by Crippen LogP contribution is 2.56. The summed E-state index contributed by atoms with van der Waals surface area (Å²) >= 11 is 0. The zero-order valence-electron chi connectivity index (χ0n) is 17.0. The lowest BCUT2D eigenvalue weighted by Crippen LogP contribution is -2.45. The minimum atomic E-state index is -0.0344. The Labute approximate surface area is 162 Å². The average Bonchev–Trinajstić information content (AvgIpc) is 3.43. The van der Waals surface area contributed by atoms with Crippen LogP contribution in [0, 0.1) is 17.8 Å². The van der Waals surface area contributed by atoms with Gasteiger partial charge in [0.1, 0.15) is 11.5 Å². The molecular formula is C23H31NO3. The molecule has 0 N–H and O–H groups in total. The number of hydrogen-bond donors (Lipinski definition) is 0. The number of hydrogen-bond acceptors (Lipinski definition) is 4. The van der Waals surface area contributed by atoms with Crippen molar-refractivity contribution in [3.63, 3.8) is 0 Å². The Kier molecular flexibility index (Phi) is 4.15. The molecule has 1 saturated carbocycles. The Bertz CT molecular complexity index is 770. The summed E-state index contributed by atoms with van der Waals surface area (Å²) in [6, 6.07) is 0.492. The maximum absolute atomic E-state index is 6.50. The van der Waals surface area contributed by atoms with Crippen LogP contribution >= 0.6 is 0 Å². The Morgan fingerprint density at radius 2 is 1.96 bits per heavy atom. The summed E-state index contributed by atoms with van der Waals surface area (Å²) in [7, 11) is 3.53. The zero-order chi connectivity index (χ0) is 18.7. The van der Waals surface area contributed by atoms with Crippen molar-refractivity contribution in [3.8, 4) is 0 Å². The van der Waals surface area contributed by atoms with Crippen molar-refractivity contribution in [2.75, 3.05) is 27.3 Å². The van der Waals surface area contributed by atoms with Gasteiger partial charge in [0.2, 0.25) is 0 Å². The third-order valence-electron chi connectivity index (χ3n) is 7.19. The summed E-state index contributed by atoms with van der Waals surface area (Å²) in [6.07, 6.45) is 9.30. The van der Waals surface area contributed by atoms with Crippen molar-refractivity contribution < 1.29 is 14.2 Å². The molecule has 5 rings (SSSR count). The molecule has 0 bridgehead atoms. The standard InChI is InChI=1S/C23H31NO3/c1-5-24(12-14-6-7-14)17-11-16-13(2)10-19(26-4)23-21(16)20-15(17)8-9-18(25-3)22(20)27-23/h8-9,13-14,17,20,22H,5-7,10-12H2,1-4H3/t13?,17-,20?,22+/m1/s1. The maximum atomic E-state index is 6.50. The number of rotatable bonds is 6. The molecule has 2 unspecified atom stereocenters. The van der Waals surface area contributed by atoms with Crippen LogP contribution in [0.25, 0.3) is 0 Å². The largest absolute Gasteiger partial charge is 0.497 e. The van der Waals surface area contributed by atoms with Crippen molar-refractivity contribution in [2.24, 2.45) is 17.8 Å². The van der Waals surface area contributed by atoms with Crippen molar-refractivity contribution in [1.82, 2.24) is 4.90 Å². The monoisotopic (exact) mass is 369 g/mol. The van der Waals surface area contributed by atoms with Gasteiger partial charge in [-0.05, 0) is 49.3 Å². The first-order chi connectivity index (χ1) is 13.2. The summed E-state index contributed by atoms with van der Waals surface area (Å²) in [5, 5.41) is 0. The lowest BCUT2D eigenvalue weighted by Gasteiger charge is -2.43. The van der Waals surface area contributed by atoms with Gasteiger partial charge in [0.25, 0.3) is 0 Å². The summed E-state index contributed by atoms with van der Waals surface area (Å²) in [6.45, 7) is 7.01. The molecule has 0 spiro atoms. The van der Waals surface area contributed by atoms with Crippen molar-refractivity contribution >= 4 is 0 Å². The van der Waals surface area contributed by atoms with Crippen LogP contribution in [-0.4, -0.2) is 44.4 Å². The minimum absolute atomic E-state index is 0.0344. The summed E-state index contributed by atoms with van der Waals surface area (Å²) in [5.74, 6) is 4.65. The fourth-order valence-electron chi connectivity index (χ4n) is 5.58. The van der Waals surface area contributed by atoms with Gasteiger partial charge in [-0.1, -0.05) is 25.5 Å². The topological polar surface area (TPSA) is 30.9 Å². The van der Waals surface area contributed by atoms with E-state index < -0.39 is 0 Å². The highest BCUT2D eigenvalue weighted by atomic mass is 16.6. The third kappa shape index (κ3) is 2.60. The predicted molar refractivity (Wildman–Crippen MR) is 105 cm³/mol. The van der Waals surface area contributed by atoms with Gasteiger partial charge in [0, 0.05) is 24.6 Å². The SMILES string of the molecule is CCN(CC1CC1)[C@@H]1CC2=C3C(=C(OC)CC2C)O[C@H]2C(OC)=CC=C1C32. The number of allylic oxidation sites excluding steroid dienone is 4. The fraction of sp³-hybridized carbons (Fsp3) is 0.652. The second kappa shape index (κ2) is 6.44. The Morgan fingerprint density at radius 1 is 1.15 bits per heavy atom. The molecule has 2 fully saturated rings. The van der Waals surface area contributed by atoms with Crippen LogP contribution in [0.4, 0.5) is 0 Å². The van der Waals surface area contributed by atoms with E-state index >= 15 is 0 Å². The molecule has 0 aromatic carbocycles. The van der Waals surface area contributed by atoms with Crippen LogP contribution in [-0.2, 0) is 14.2 Å². The van der Waals surface area contributed by atoms with Crippen LogP contribution in [0.2, 0.25) is 0 Å². The first-order valence-corrected chi connectivity index (χ1v) is 10.5. The fourth-order valence-corrected chi connectivity index (χ4v) is 5.58. The van der Waals surface area contributed by atoms with Gasteiger partial charge >= 0.3 is 0 Å². The molecule has 4 aliphatic carbocycles. The molecule has 0 aromatic rings. The van der Waals surface area contributed by atoms with Gasteiger partial charge in [-0.15, -0.1) is 0 Å². The molecule has 5 aliphatic rings. The summed E-state index contributed by atoms with van der Waals surface area (Å²) in [4.78, 5) is 2.72. The Hall–Kier alpha value is -1.68. The predicted octanol–water partition coefficient (Wildman–Crippen LogP) is 4.17. The molecule has 1 saturated heterocycles.